The molecule has 1 unspecified atom stereocenters. The topological polar surface area (TPSA) is 88.1 Å². The van der Waals surface area contributed by atoms with E-state index in [1.807, 2.05) is 32.9 Å². The third-order valence-corrected chi connectivity index (χ3v) is 6.18. The largest absolute Gasteiger partial charge is 0.349 e. The van der Waals surface area contributed by atoms with Gasteiger partial charge < -0.3 is 10.2 Å². The smallest absolute Gasteiger partial charge is 0.276 e. The van der Waals surface area contributed by atoms with Crippen LogP contribution in [0.2, 0.25) is 0 Å². The van der Waals surface area contributed by atoms with Crippen molar-refractivity contribution in [1.29, 1.82) is 0 Å². The first-order valence-electron chi connectivity index (χ1n) is 10.2. The van der Waals surface area contributed by atoms with E-state index in [0.717, 1.165) is 55.6 Å². The van der Waals surface area contributed by atoms with Crippen LogP contribution in [0.4, 0.5) is 0 Å². The Bertz CT molecular complexity index is 804. The third kappa shape index (κ3) is 5.18. The van der Waals surface area contributed by atoms with E-state index in [9.17, 15) is 9.59 Å². The summed E-state index contributed by atoms with van der Waals surface area (Å²) in [6.07, 6.45) is 9.14. The van der Waals surface area contributed by atoms with E-state index in [1.165, 1.54) is 0 Å². The average Bonchev–Trinajstić information content (AvgIpc) is 3.27. The molecule has 1 N–H and O–H groups in total. The van der Waals surface area contributed by atoms with Gasteiger partial charge in [-0.2, -0.15) is 0 Å². The molecule has 1 aliphatic rings. The number of carbonyl (C=O) groups excluding carboxylic acids is 2. The molecule has 2 heterocycles. The molecule has 0 bridgehead atoms. The van der Waals surface area contributed by atoms with E-state index in [2.05, 4.69) is 19.9 Å². The van der Waals surface area contributed by atoms with Gasteiger partial charge in [-0.25, -0.2) is 0 Å². The first-order valence-corrected chi connectivity index (χ1v) is 11.1. The molecular weight excluding hydrogens is 386 g/mol. The Balaban J connectivity index is 2.04. The highest BCUT2D eigenvalue weighted by Crippen LogP contribution is 2.32. The van der Waals surface area contributed by atoms with Crippen molar-refractivity contribution in [1.82, 2.24) is 24.8 Å². The summed E-state index contributed by atoms with van der Waals surface area (Å²) in [6.45, 7) is 6.02. The molecule has 1 atom stereocenters. The van der Waals surface area contributed by atoms with E-state index < -0.39 is 6.04 Å². The molecule has 29 heavy (non-hydrogen) atoms. The molecule has 3 rings (SSSR count). The van der Waals surface area contributed by atoms with Crippen molar-refractivity contribution in [3.8, 4) is 0 Å². The SMILES string of the molecule is CCC(C)(C)NC(=O)C(c1ccncc1)N(C(=O)c1csnn1)C1CCCCC1. The number of nitrogens with zero attached hydrogens (tertiary/aromatic N) is 4. The predicted molar refractivity (Wildman–Crippen MR) is 112 cm³/mol. The molecule has 0 aliphatic heterocycles. The van der Waals surface area contributed by atoms with Gasteiger partial charge in [-0.05, 0) is 62.3 Å². The van der Waals surface area contributed by atoms with Crippen LogP contribution in [0.1, 0.15) is 81.4 Å². The molecule has 7 nitrogen and oxygen atoms in total. The van der Waals surface area contributed by atoms with Gasteiger partial charge in [-0.3, -0.25) is 14.6 Å². The fourth-order valence-electron chi connectivity index (χ4n) is 3.72. The van der Waals surface area contributed by atoms with Gasteiger partial charge >= 0.3 is 0 Å². The van der Waals surface area contributed by atoms with Gasteiger partial charge in [-0.15, -0.1) is 5.10 Å². The zero-order chi connectivity index (χ0) is 20.9. The lowest BCUT2D eigenvalue weighted by Crippen LogP contribution is -2.53. The molecule has 0 radical (unpaired) electrons. The second-order valence-electron chi connectivity index (χ2n) is 8.20. The number of hydrogen-bond donors (Lipinski definition) is 1. The number of nitrogens with one attached hydrogen (secondary N) is 1. The lowest BCUT2D eigenvalue weighted by molar-refractivity contribution is -0.128. The summed E-state index contributed by atoms with van der Waals surface area (Å²) in [5, 5.41) is 8.78. The van der Waals surface area contributed by atoms with Crippen LogP contribution < -0.4 is 5.32 Å². The van der Waals surface area contributed by atoms with Gasteiger partial charge in [0, 0.05) is 29.4 Å². The summed E-state index contributed by atoms with van der Waals surface area (Å²) in [4.78, 5) is 32.8. The van der Waals surface area contributed by atoms with Crippen molar-refractivity contribution < 1.29 is 9.59 Å². The molecule has 1 aliphatic carbocycles. The van der Waals surface area contributed by atoms with Gasteiger partial charge in [0.05, 0.1) is 0 Å². The normalized spacial score (nSPS) is 16.2. The molecule has 156 valence electrons. The molecule has 2 amide bonds. The van der Waals surface area contributed by atoms with Gasteiger partial charge in [0.15, 0.2) is 5.69 Å². The van der Waals surface area contributed by atoms with Crippen molar-refractivity contribution in [3.05, 3.63) is 41.2 Å². The zero-order valence-corrected chi connectivity index (χ0v) is 18.1. The van der Waals surface area contributed by atoms with Crippen LogP contribution in [0.5, 0.6) is 0 Å². The first kappa shape index (κ1) is 21.4. The summed E-state index contributed by atoms with van der Waals surface area (Å²) >= 11 is 1.14. The monoisotopic (exact) mass is 415 g/mol. The Labute approximate surface area is 176 Å². The third-order valence-electron chi connectivity index (χ3n) is 5.68. The average molecular weight is 416 g/mol. The van der Waals surface area contributed by atoms with Gasteiger partial charge in [0.2, 0.25) is 5.91 Å². The highest BCUT2D eigenvalue weighted by molar-refractivity contribution is 7.03. The molecule has 1 fully saturated rings. The number of aromatic nitrogens is 3. The van der Waals surface area contributed by atoms with E-state index >= 15 is 0 Å². The van der Waals surface area contributed by atoms with E-state index in [0.29, 0.717) is 5.69 Å². The van der Waals surface area contributed by atoms with Crippen LogP contribution >= 0.6 is 11.5 Å². The number of amides is 2. The van der Waals surface area contributed by atoms with Crippen LogP contribution in [0.15, 0.2) is 29.9 Å². The summed E-state index contributed by atoms with van der Waals surface area (Å²) in [6, 6.07) is 2.88. The fraction of sp³-hybridized carbons (Fsp3) is 0.571. The molecular formula is C21H29N5O2S. The van der Waals surface area contributed by atoms with Crippen molar-refractivity contribution in [2.24, 2.45) is 0 Å². The van der Waals surface area contributed by atoms with E-state index in [-0.39, 0.29) is 23.4 Å². The molecule has 2 aromatic heterocycles. The maximum atomic E-state index is 13.5. The second-order valence-corrected chi connectivity index (χ2v) is 8.81. The highest BCUT2D eigenvalue weighted by atomic mass is 32.1. The molecule has 0 aromatic carbocycles. The second kappa shape index (κ2) is 9.43. The summed E-state index contributed by atoms with van der Waals surface area (Å²) in [7, 11) is 0. The zero-order valence-electron chi connectivity index (χ0n) is 17.3. The lowest BCUT2D eigenvalue weighted by atomic mass is 9.91. The fourth-order valence-corrected chi connectivity index (χ4v) is 4.15. The highest BCUT2D eigenvalue weighted by Gasteiger charge is 2.39. The molecule has 0 spiro atoms. The quantitative estimate of drug-likeness (QED) is 0.744. The predicted octanol–water partition coefficient (Wildman–Crippen LogP) is 3.75. The Morgan fingerprint density at radius 3 is 2.52 bits per heavy atom. The Morgan fingerprint density at radius 2 is 1.93 bits per heavy atom. The van der Waals surface area contributed by atoms with E-state index in [1.54, 1.807) is 22.7 Å². The van der Waals surface area contributed by atoms with Crippen molar-refractivity contribution in [2.45, 2.75) is 76.9 Å². The summed E-state index contributed by atoms with van der Waals surface area (Å²) in [5.74, 6) is -0.415. The van der Waals surface area contributed by atoms with Crippen LogP contribution in [-0.4, -0.2) is 42.9 Å². The standard InChI is InChI=1S/C21H29N5O2S/c1-4-21(2,3)23-19(27)18(15-10-12-22-13-11-15)26(16-8-6-5-7-9-16)20(28)17-14-29-25-24-17/h10-14,16,18H,4-9H2,1-3H3,(H,23,27). The Morgan fingerprint density at radius 1 is 1.24 bits per heavy atom. The first-order chi connectivity index (χ1) is 13.9. The van der Waals surface area contributed by atoms with Crippen LogP contribution in [-0.2, 0) is 4.79 Å². The lowest BCUT2D eigenvalue weighted by Gasteiger charge is -2.40. The van der Waals surface area contributed by atoms with Gasteiger partial charge in [0.25, 0.3) is 5.91 Å². The minimum atomic E-state index is -0.735. The molecule has 1 saturated carbocycles. The van der Waals surface area contributed by atoms with Crippen LogP contribution in [0, 0.1) is 0 Å². The number of pyridine rings is 1. The van der Waals surface area contributed by atoms with Crippen molar-refractivity contribution >= 4 is 23.3 Å². The minimum absolute atomic E-state index is 0.00777. The molecule has 0 saturated heterocycles. The number of rotatable bonds is 7. The van der Waals surface area contributed by atoms with Crippen molar-refractivity contribution in [2.75, 3.05) is 0 Å². The Hall–Kier alpha value is -2.35. The maximum absolute atomic E-state index is 13.5. The van der Waals surface area contributed by atoms with Crippen LogP contribution in [0.3, 0.4) is 0 Å². The minimum Gasteiger partial charge on any atom is -0.349 e. The molecule has 2 aromatic rings. The summed E-state index contributed by atoms with van der Waals surface area (Å²) < 4.78 is 3.85. The van der Waals surface area contributed by atoms with E-state index in [4.69, 9.17) is 0 Å². The molecule has 8 heteroatoms. The van der Waals surface area contributed by atoms with Gasteiger partial charge in [-0.1, -0.05) is 30.7 Å². The van der Waals surface area contributed by atoms with Gasteiger partial charge in [0.1, 0.15) is 6.04 Å². The van der Waals surface area contributed by atoms with Crippen LogP contribution in [0.25, 0.3) is 0 Å². The van der Waals surface area contributed by atoms with Crippen molar-refractivity contribution in [3.63, 3.8) is 0 Å². The number of hydrogen-bond acceptors (Lipinski definition) is 6. The maximum Gasteiger partial charge on any atom is 0.276 e. The number of carbonyl (C=O) groups is 2. The summed E-state index contributed by atoms with van der Waals surface area (Å²) in [5.41, 5.74) is 0.681. The Kier molecular flexibility index (Phi) is 6.95.